The van der Waals surface area contributed by atoms with Crippen LogP contribution in [0.2, 0.25) is 0 Å². The molecule has 0 aliphatic heterocycles. The fourth-order valence-corrected chi connectivity index (χ4v) is 1.20. The first-order valence-corrected chi connectivity index (χ1v) is 4.13. The van der Waals surface area contributed by atoms with E-state index in [0.717, 1.165) is 0 Å². The molecule has 0 fully saturated rings. The Kier molecular flexibility index (Phi) is 2.10. The highest BCUT2D eigenvalue weighted by atomic mass is 19.1. The molecule has 15 heavy (non-hydrogen) atoms. The van der Waals surface area contributed by atoms with Crippen molar-refractivity contribution in [3.8, 4) is 17.3 Å². The van der Waals surface area contributed by atoms with Crippen molar-refractivity contribution in [2.75, 3.05) is 5.73 Å². The number of nitrogen functional groups attached to an aromatic ring is 1. The van der Waals surface area contributed by atoms with E-state index in [9.17, 15) is 4.39 Å². The molecule has 1 heterocycles. The Bertz CT molecular complexity index is 542. The number of nitrogens with two attached hydrogens (primary N) is 1. The van der Waals surface area contributed by atoms with Gasteiger partial charge in [-0.25, -0.2) is 4.39 Å². The Morgan fingerprint density at radius 3 is 2.80 bits per heavy atom. The van der Waals surface area contributed by atoms with Crippen LogP contribution in [0.5, 0.6) is 0 Å². The summed E-state index contributed by atoms with van der Waals surface area (Å²) in [6, 6.07) is 7.37. The molecule has 4 nitrogen and oxygen atoms in total. The van der Waals surface area contributed by atoms with E-state index in [1.165, 1.54) is 24.3 Å². The minimum absolute atomic E-state index is 0.0333. The summed E-state index contributed by atoms with van der Waals surface area (Å²) in [6.45, 7) is 0. The van der Waals surface area contributed by atoms with Crippen molar-refractivity contribution in [2.45, 2.75) is 0 Å². The number of halogens is 1. The van der Waals surface area contributed by atoms with Crippen LogP contribution in [0.4, 0.5) is 10.3 Å². The molecule has 0 aliphatic carbocycles. The van der Waals surface area contributed by atoms with Gasteiger partial charge in [0.05, 0.1) is 5.56 Å². The molecule has 0 aliphatic rings. The number of anilines is 1. The first-order valence-electron chi connectivity index (χ1n) is 4.13. The van der Waals surface area contributed by atoms with E-state index < -0.39 is 5.82 Å². The quantitative estimate of drug-likeness (QED) is 0.768. The number of aromatic nitrogens is 1. The molecule has 2 N–H and O–H groups in total. The molecule has 0 radical (unpaired) electrons. The normalized spacial score (nSPS) is 9.87. The van der Waals surface area contributed by atoms with Crippen LogP contribution in [0.3, 0.4) is 0 Å². The van der Waals surface area contributed by atoms with Crippen LogP contribution in [-0.2, 0) is 0 Å². The number of benzene rings is 1. The summed E-state index contributed by atoms with van der Waals surface area (Å²) >= 11 is 0. The molecule has 2 rings (SSSR count). The van der Waals surface area contributed by atoms with E-state index >= 15 is 0 Å². The van der Waals surface area contributed by atoms with Gasteiger partial charge in [0.15, 0.2) is 0 Å². The van der Waals surface area contributed by atoms with E-state index in [4.69, 9.17) is 11.0 Å². The Labute approximate surface area is 84.7 Å². The number of nitriles is 1. The third-order valence-electron chi connectivity index (χ3n) is 1.91. The second-order valence-electron chi connectivity index (χ2n) is 2.92. The summed E-state index contributed by atoms with van der Waals surface area (Å²) in [7, 11) is 0. The monoisotopic (exact) mass is 203 g/mol. The van der Waals surface area contributed by atoms with Gasteiger partial charge in [0, 0.05) is 11.6 Å². The lowest BCUT2D eigenvalue weighted by Crippen LogP contribution is -1.85. The molecule has 0 saturated heterocycles. The van der Waals surface area contributed by atoms with Crippen molar-refractivity contribution in [1.82, 2.24) is 5.16 Å². The second-order valence-corrected chi connectivity index (χ2v) is 2.92. The van der Waals surface area contributed by atoms with Gasteiger partial charge in [-0.3, -0.25) is 0 Å². The van der Waals surface area contributed by atoms with E-state index in [2.05, 4.69) is 9.68 Å². The molecule has 0 unspecified atom stereocenters. The number of nitrogens with zero attached hydrogens (tertiary/aromatic N) is 2. The third kappa shape index (κ3) is 1.65. The molecule has 1 aromatic carbocycles. The highest BCUT2D eigenvalue weighted by molar-refractivity contribution is 5.63. The van der Waals surface area contributed by atoms with Gasteiger partial charge in [-0.1, -0.05) is 5.16 Å². The molecule has 0 saturated carbocycles. The molecule has 1 aromatic heterocycles. The smallest absolute Gasteiger partial charge is 0.222 e. The average molecular weight is 203 g/mol. The van der Waals surface area contributed by atoms with Gasteiger partial charge in [0.2, 0.25) is 5.88 Å². The van der Waals surface area contributed by atoms with Crippen molar-refractivity contribution in [3.63, 3.8) is 0 Å². The molecule has 0 atom stereocenters. The van der Waals surface area contributed by atoms with Gasteiger partial charge in [0.1, 0.15) is 17.6 Å². The number of hydrogen-bond donors (Lipinski definition) is 1. The van der Waals surface area contributed by atoms with Crippen LogP contribution in [0.25, 0.3) is 11.3 Å². The summed E-state index contributed by atoms with van der Waals surface area (Å²) in [4.78, 5) is 0. The van der Waals surface area contributed by atoms with Crippen LogP contribution in [0.15, 0.2) is 28.8 Å². The van der Waals surface area contributed by atoms with Crippen LogP contribution < -0.4 is 5.73 Å². The van der Waals surface area contributed by atoms with Crippen LogP contribution in [-0.4, -0.2) is 5.16 Å². The first-order chi connectivity index (χ1) is 7.20. The molecule has 5 heteroatoms. The van der Waals surface area contributed by atoms with Gasteiger partial charge in [-0.05, 0) is 18.2 Å². The van der Waals surface area contributed by atoms with Gasteiger partial charge in [0.25, 0.3) is 0 Å². The topological polar surface area (TPSA) is 75.8 Å². The first kappa shape index (κ1) is 9.21. The molecule has 2 aromatic rings. The fourth-order valence-electron chi connectivity index (χ4n) is 1.20. The second kappa shape index (κ2) is 3.42. The predicted octanol–water partition coefficient (Wildman–Crippen LogP) is 1.93. The van der Waals surface area contributed by atoms with Crippen molar-refractivity contribution in [1.29, 1.82) is 5.26 Å². The van der Waals surface area contributed by atoms with Gasteiger partial charge < -0.3 is 10.3 Å². The number of hydrogen-bond acceptors (Lipinski definition) is 4. The summed E-state index contributed by atoms with van der Waals surface area (Å²) < 4.78 is 17.7. The molecule has 0 bridgehead atoms. The largest absolute Gasteiger partial charge is 0.368 e. The molecular weight excluding hydrogens is 197 g/mol. The van der Waals surface area contributed by atoms with E-state index in [1.54, 1.807) is 6.07 Å². The van der Waals surface area contributed by atoms with E-state index in [-0.39, 0.29) is 11.4 Å². The minimum atomic E-state index is -0.558. The van der Waals surface area contributed by atoms with Crippen molar-refractivity contribution < 1.29 is 8.91 Å². The SMILES string of the molecule is N#Cc1cc(-c2cc(N)on2)ccc1F. The van der Waals surface area contributed by atoms with E-state index in [0.29, 0.717) is 11.3 Å². The zero-order valence-corrected chi connectivity index (χ0v) is 7.57. The zero-order valence-electron chi connectivity index (χ0n) is 7.57. The lowest BCUT2D eigenvalue weighted by Gasteiger charge is -1.96. The van der Waals surface area contributed by atoms with Crippen LogP contribution in [0, 0.1) is 17.1 Å². The highest BCUT2D eigenvalue weighted by Crippen LogP contribution is 2.22. The molecule has 0 spiro atoms. The summed E-state index contributed by atoms with van der Waals surface area (Å²) in [5.41, 5.74) is 6.38. The Morgan fingerprint density at radius 1 is 1.40 bits per heavy atom. The van der Waals surface area contributed by atoms with Crippen molar-refractivity contribution in [3.05, 3.63) is 35.6 Å². The lowest BCUT2D eigenvalue weighted by atomic mass is 10.1. The van der Waals surface area contributed by atoms with Gasteiger partial charge >= 0.3 is 0 Å². The number of rotatable bonds is 1. The van der Waals surface area contributed by atoms with Crippen molar-refractivity contribution >= 4 is 5.88 Å². The molecular formula is C10H6FN3O. The summed E-state index contributed by atoms with van der Waals surface area (Å²) in [6.07, 6.45) is 0. The Balaban J connectivity index is 2.51. The zero-order chi connectivity index (χ0) is 10.8. The summed E-state index contributed by atoms with van der Waals surface area (Å²) in [5.74, 6) is -0.384. The van der Waals surface area contributed by atoms with Crippen LogP contribution >= 0.6 is 0 Å². The standard InChI is InChI=1S/C10H6FN3O/c11-8-2-1-6(3-7(8)5-12)9-4-10(13)15-14-9/h1-4H,13H2. The minimum Gasteiger partial charge on any atom is -0.368 e. The van der Waals surface area contributed by atoms with Crippen molar-refractivity contribution in [2.24, 2.45) is 0 Å². The van der Waals surface area contributed by atoms with Gasteiger partial charge in [-0.15, -0.1) is 0 Å². The maximum absolute atomic E-state index is 13.0. The average Bonchev–Trinajstić information content (AvgIpc) is 2.66. The highest BCUT2D eigenvalue weighted by Gasteiger charge is 2.07. The Hall–Kier alpha value is -2.35. The lowest BCUT2D eigenvalue weighted by molar-refractivity contribution is 0.439. The maximum Gasteiger partial charge on any atom is 0.222 e. The predicted molar refractivity (Wildman–Crippen MR) is 51.0 cm³/mol. The van der Waals surface area contributed by atoms with Gasteiger partial charge in [-0.2, -0.15) is 5.26 Å². The molecule has 0 amide bonds. The van der Waals surface area contributed by atoms with Crippen LogP contribution in [0.1, 0.15) is 5.56 Å². The fraction of sp³-hybridized carbons (Fsp3) is 0. The molecule has 74 valence electrons. The van der Waals surface area contributed by atoms with E-state index in [1.807, 2.05) is 0 Å². The maximum atomic E-state index is 13.0. The third-order valence-corrected chi connectivity index (χ3v) is 1.91. The summed E-state index contributed by atoms with van der Waals surface area (Å²) in [5, 5.41) is 12.3. The Morgan fingerprint density at radius 2 is 2.20 bits per heavy atom.